The van der Waals surface area contributed by atoms with Crippen LogP contribution in [0, 0.1) is 0 Å². The Balaban J connectivity index is 1.62. The normalized spacial score (nSPS) is 11.1. The van der Waals surface area contributed by atoms with Crippen LogP contribution in [0.3, 0.4) is 0 Å². The zero-order valence-electron chi connectivity index (χ0n) is 17.6. The third kappa shape index (κ3) is 3.16. The summed E-state index contributed by atoms with van der Waals surface area (Å²) in [6, 6.07) is 47.6. The van der Waals surface area contributed by atoms with E-state index in [4.69, 9.17) is 0 Å². The lowest BCUT2D eigenvalue weighted by Gasteiger charge is -2.09. The van der Waals surface area contributed by atoms with E-state index in [2.05, 4.69) is 138 Å². The molecule has 0 aliphatic rings. The minimum absolute atomic E-state index is 1.19. The molecule has 6 rings (SSSR count). The first-order chi connectivity index (χ1) is 15.9. The van der Waals surface area contributed by atoms with Crippen LogP contribution in [0.2, 0.25) is 0 Å². The summed E-state index contributed by atoms with van der Waals surface area (Å²) < 4.78 is 2.40. The minimum atomic E-state index is 1.19. The molecular weight excluding hydrogens is 386 g/mol. The molecule has 32 heavy (non-hydrogen) atoms. The van der Waals surface area contributed by atoms with Gasteiger partial charge in [0.05, 0.1) is 5.39 Å². The molecule has 0 unspecified atom stereocenters. The fourth-order valence-corrected chi connectivity index (χ4v) is 4.56. The van der Waals surface area contributed by atoms with E-state index >= 15 is 0 Å². The second-order valence-corrected chi connectivity index (χ2v) is 8.06. The van der Waals surface area contributed by atoms with Crippen molar-refractivity contribution in [2.24, 2.45) is 0 Å². The second-order valence-electron chi connectivity index (χ2n) is 8.06. The van der Waals surface area contributed by atoms with Gasteiger partial charge in [-0.1, -0.05) is 78.9 Å². The van der Waals surface area contributed by atoms with Crippen molar-refractivity contribution in [2.45, 2.75) is 0 Å². The van der Waals surface area contributed by atoms with E-state index in [0.29, 0.717) is 0 Å². The Labute approximate surface area is 187 Å². The molecule has 0 N–H and O–H groups in total. The van der Waals surface area contributed by atoms with Crippen LogP contribution in [-0.4, -0.2) is 0 Å². The average Bonchev–Trinajstić information content (AvgIpc) is 2.89. The zero-order chi connectivity index (χ0) is 21.3. The van der Waals surface area contributed by atoms with Gasteiger partial charge in [0, 0.05) is 29.3 Å². The Hall–Kier alpha value is -4.23. The molecule has 0 fully saturated rings. The van der Waals surface area contributed by atoms with Crippen molar-refractivity contribution in [3.8, 4) is 33.6 Å². The highest BCUT2D eigenvalue weighted by molar-refractivity contribution is 5.95. The van der Waals surface area contributed by atoms with Crippen molar-refractivity contribution in [3.05, 3.63) is 133 Å². The van der Waals surface area contributed by atoms with Gasteiger partial charge in [-0.05, 0) is 52.9 Å². The van der Waals surface area contributed by atoms with Crippen LogP contribution in [0.4, 0.5) is 0 Å². The molecular formula is C31H22N+. The standard InChI is InChI=1S/C31H22N/c1-3-10-23(11-4-1)24-18-20-26(21-19-24)29-16-9-17-30-28-15-8-7-14-27(28)22-31(32(29)30)25-12-5-2-6-13-25/h1-22H/q+1. The van der Waals surface area contributed by atoms with E-state index < -0.39 is 0 Å². The Bertz CT molecular complexity index is 1530. The van der Waals surface area contributed by atoms with Gasteiger partial charge in [0.15, 0.2) is 0 Å². The number of pyridine rings is 2. The van der Waals surface area contributed by atoms with Crippen LogP contribution in [0.25, 0.3) is 49.9 Å². The molecule has 0 amide bonds. The largest absolute Gasteiger partial charge is 0.219 e. The van der Waals surface area contributed by atoms with E-state index in [1.165, 1.54) is 49.9 Å². The van der Waals surface area contributed by atoms with Gasteiger partial charge in [0.25, 0.3) is 0 Å². The first kappa shape index (κ1) is 18.5. The summed E-state index contributed by atoms with van der Waals surface area (Å²) in [6.07, 6.45) is 0. The molecule has 0 saturated carbocycles. The number of benzene rings is 4. The van der Waals surface area contributed by atoms with Gasteiger partial charge in [0.1, 0.15) is 0 Å². The quantitative estimate of drug-likeness (QED) is 0.210. The predicted octanol–water partition coefficient (Wildman–Crippen LogP) is 7.58. The average molecular weight is 409 g/mol. The molecule has 0 bridgehead atoms. The third-order valence-electron chi connectivity index (χ3n) is 6.12. The van der Waals surface area contributed by atoms with Gasteiger partial charge in [-0.15, -0.1) is 0 Å². The van der Waals surface area contributed by atoms with E-state index in [0.717, 1.165) is 0 Å². The summed E-state index contributed by atoms with van der Waals surface area (Å²) in [5, 5.41) is 2.51. The van der Waals surface area contributed by atoms with Crippen molar-refractivity contribution in [1.82, 2.24) is 0 Å². The maximum Gasteiger partial charge on any atom is 0.219 e. The van der Waals surface area contributed by atoms with Gasteiger partial charge >= 0.3 is 0 Å². The van der Waals surface area contributed by atoms with Crippen molar-refractivity contribution < 1.29 is 4.40 Å². The topological polar surface area (TPSA) is 4.10 Å². The van der Waals surface area contributed by atoms with E-state index in [9.17, 15) is 0 Å². The maximum atomic E-state index is 2.40. The molecule has 2 heterocycles. The van der Waals surface area contributed by atoms with Gasteiger partial charge in [0.2, 0.25) is 16.9 Å². The molecule has 4 aromatic carbocycles. The Morgan fingerprint density at radius 1 is 0.375 bits per heavy atom. The maximum absolute atomic E-state index is 2.40. The van der Waals surface area contributed by atoms with Crippen LogP contribution in [0.15, 0.2) is 133 Å². The SMILES string of the molecule is c1ccc(-c2ccc(-c3cccc4c5ccccc5cc(-c5ccccc5)[n+]34)cc2)cc1. The van der Waals surface area contributed by atoms with Crippen molar-refractivity contribution in [3.63, 3.8) is 0 Å². The predicted molar refractivity (Wildman–Crippen MR) is 133 cm³/mol. The molecule has 1 nitrogen and oxygen atoms in total. The van der Waals surface area contributed by atoms with Gasteiger partial charge < -0.3 is 0 Å². The second kappa shape index (κ2) is 7.79. The molecule has 150 valence electrons. The van der Waals surface area contributed by atoms with Crippen LogP contribution in [0.5, 0.6) is 0 Å². The number of hydrogen-bond acceptors (Lipinski definition) is 0. The summed E-state index contributed by atoms with van der Waals surface area (Å²) in [4.78, 5) is 0. The van der Waals surface area contributed by atoms with Crippen LogP contribution >= 0.6 is 0 Å². The molecule has 6 aromatic rings. The molecule has 0 aliphatic carbocycles. The molecule has 0 spiro atoms. The monoisotopic (exact) mass is 408 g/mol. The van der Waals surface area contributed by atoms with Gasteiger partial charge in [-0.2, -0.15) is 4.40 Å². The lowest BCUT2D eigenvalue weighted by atomic mass is 10.0. The van der Waals surface area contributed by atoms with E-state index in [1.54, 1.807) is 0 Å². The molecule has 2 aromatic heterocycles. The summed E-state index contributed by atoms with van der Waals surface area (Å²) in [5.74, 6) is 0. The minimum Gasteiger partial charge on any atom is -0.152 e. The highest BCUT2D eigenvalue weighted by Gasteiger charge is 2.21. The Morgan fingerprint density at radius 2 is 0.938 bits per heavy atom. The Morgan fingerprint density at radius 3 is 1.69 bits per heavy atom. The van der Waals surface area contributed by atoms with Crippen molar-refractivity contribution in [1.29, 1.82) is 0 Å². The lowest BCUT2D eigenvalue weighted by Crippen LogP contribution is -2.28. The van der Waals surface area contributed by atoms with Crippen molar-refractivity contribution >= 4 is 16.3 Å². The number of fused-ring (bicyclic) bond motifs is 3. The first-order valence-electron chi connectivity index (χ1n) is 11.0. The van der Waals surface area contributed by atoms with Gasteiger partial charge in [-0.25, -0.2) is 0 Å². The van der Waals surface area contributed by atoms with Crippen LogP contribution < -0.4 is 4.40 Å². The number of rotatable bonds is 3. The molecule has 0 aliphatic heterocycles. The van der Waals surface area contributed by atoms with Crippen LogP contribution in [-0.2, 0) is 0 Å². The molecule has 1 heteroatoms. The molecule has 0 saturated heterocycles. The third-order valence-corrected chi connectivity index (χ3v) is 6.12. The van der Waals surface area contributed by atoms with E-state index in [1.807, 2.05) is 0 Å². The van der Waals surface area contributed by atoms with Gasteiger partial charge in [-0.3, -0.25) is 0 Å². The summed E-state index contributed by atoms with van der Waals surface area (Å²) in [5.41, 5.74) is 8.48. The van der Waals surface area contributed by atoms with E-state index in [-0.39, 0.29) is 0 Å². The number of aromatic nitrogens is 1. The number of nitrogens with zero attached hydrogens (tertiary/aromatic N) is 1. The zero-order valence-corrected chi connectivity index (χ0v) is 17.6. The molecule has 0 atom stereocenters. The lowest BCUT2D eigenvalue weighted by molar-refractivity contribution is -0.485. The fourth-order valence-electron chi connectivity index (χ4n) is 4.56. The summed E-state index contributed by atoms with van der Waals surface area (Å²) in [6.45, 7) is 0. The summed E-state index contributed by atoms with van der Waals surface area (Å²) >= 11 is 0. The number of hydrogen-bond donors (Lipinski definition) is 0. The first-order valence-corrected chi connectivity index (χ1v) is 11.0. The van der Waals surface area contributed by atoms with Crippen LogP contribution in [0.1, 0.15) is 0 Å². The van der Waals surface area contributed by atoms with Crippen molar-refractivity contribution in [2.75, 3.05) is 0 Å². The highest BCUT2D eigenvalue weighted by atomic mass is 14.9. The smallest absolute Gasteiger partial charge is 0.152 e. The summed E-state index contributed by atoms with van der Waals surface area (Å²) in [7, 11) is 0. The fraction of sp³-hybridized carbons (Fsp3) is 0. The molecule has 0 radical (unpaired) electrons. The Kier molecular flexibility index (Phi) is 4.51. The highest BCUT2D eigenvalue weighted by Crippen LogP contribution is 2.28.